The predicted molar refractivity (Wildman–Crippen MR) is 86.8 cm³/mol. The Morgan fingerprint density at radius 3 is 2.88 bits per heavy atom. The molecule has 0 bridgehead atoms. The maximum absolute atomic E-state index is 13.1. The van der Waals surface area contributed by atoms with Crippen LogP contribution in [0.25, 0.3) is 11.1 Å². The molecule has 1 N–H and O–H groups in total. The largest absolute Gasteiger partial charge is 0.353 e. The molecule has 7 nitrogen and oxygen atoms in total. The molecule has 2 aromatic heterocycles. The van der Waals surface area contributed by atoms with Crippen LogP contribution in [0.15, 0.2) is 10.6 Å². The van der Waals surface area contributed by atoms with Gasteiger partial charge >= 0.3 is 0 Å². The van der Waals surface area contributed by atoms with Gasteiger partial charge in [-0.25, -0.2) is 4.98 Å². The Morgan fingerprint density at radius 2 is 2.21 bits per heavy atom. The molecule has 2 fully saturated rings. The summed E-state index contributed by atoms with van der Waals surface area (Å²) in [6, 6.07) is 1.87. The zero-order valence-electron chi connectivity index (χ0n) is 13.8. The molecule has 0 atom stereocenters. The van der Waals surface area contributed by atoms with Gasteiger partial charge < -0.3 is 14.7 Å². The quantitative estimate of drug-likeness (QED) is 0.928. The number of carbonyl (C=O) groups is 2. The minimum atomic E-state index is -0.149. The number of hydrogen-bond donors (Lipinski definition) is 1. The van der Waals surface area contributed by atoms with E-state index in [1.54, 1.807) is 4.90 Å². The fourth-order valence-corrected chi connectivity index (χ4v) is 3.13. The van der Waals surface area contributed by atoms with Gasteiger partial charge in [0.2, 0.25) is 5.91 Å². The lowest BCUT2D eigenvalue weighted by molar-refractivity contribution is -0.123. The fourth-order valence-electron chi connectivity index (χ4n) is 3.13. The molecule has 4 rings (SSSR count). The van der Waals surface area contributed by atoms with E-state index in [0.717, 1.165) is 24.2 Å². The summed E-state index contributed by atoms with van der Waals surface area (Å²) in [5, 5.41) is 7.56. The van der Waals surface area contributed by atoms with Crippen LogP contribution >= 0.6 is 0 Å². The van der Waals surface area contributed by atoms with Crippen molar-refractivity contribution in [3.63, 3.8) is 0 Å². The first kappa shape index (κ1) is 15.1. The number of fused-ring (bicyclic) bond motifs is 1. The van der Waals surface area contributed by atoms with E-state index >= 15 is 0 Å². The maximum atomic E-state index is 13.1. The van der Waals surface area contributed by atoms with Crippen molar-refractivity contribution in [2.24, 2.45) is 0 Å². The van der Waals surface area contributed by atoms with Crippen LogP contribution in [0.3, 0.4) is 0 Å². The Balaban J connectivity index is 1.83. The molecule has 1 aliphatic carbocycles. The van der Waals surface area contributed by atoms with E-state index in [9.17, 15) is 9.59 Å². The van der Waals surface area contributed by atoms with Crippen molar-refractivity contribution in [3.05, 3.63) is 23.0 Å². The number of hydrogen-bond acceptors (Lipinski definition) is 5. The maximum Gasteiger partial charge on any atom is 0.259 e. The van der Waals surface area contributed by atoms with Gasteiger partial charge in [-0.3, -0.25) is 9.59 Å². The van der Waals surface area contributed by atoms with Crippen LogP contribution in [-0.2, 0) is 4.79 Å². The summed E-state index contributed by atoms with van der Waals surface area (Å²) in [5.74, 6) is 0.246. The van der Waals surface area contributed by atoms with Crippen LogP contribution in [0.4, 0.5) is 0 Å². The van der Waals surface area contributed by atoms with E-state index in [1.807, 2.05) is 19.9 Å². The zero-order chi connectivity index (χ0) is 16.8. The number of aromatic nitrogens is 2. The average molecular weight is 328 g/mol. The number of pyridine rings is 1. The topological polar surface area (TPSA) is 88.3 Å². The van der Waals surface area contributed by atoms with Crippen molar-refractivity contribution in [1.82, 2.24) is 20.4 Å². The smallest absolute Gasteiger partial charge is 0.259 e. The van der Waals surface area contributed by atoms with E-state index in [1.165, 1.54) is 0 Å². The molecule has 7 heteroatoms. The molecule has 3 heterocycles. The number of carbonyl (C=O) groups excluding carboxylic acids is 2. The Bertz CT molecular complexity index is 823. The highest BCUT2D eigenvalue weighted by molar-refractivity contribution is 6.07. The summed E-state index contributed by atoms with van der Waals surface area (Å²) in [7, 11) is 0. The number of nitrogens with one attached hydrogen (secondary N) is 1. The molecule has 24 heavy (non-hydrogen) atoms. The number of amides is 2. The van der Waals surface area contributed by atoms with Gasteiger partial charge in [-0.05, 0) is 24.8 Å². The second kappa shape index (κ2) is 5.58. The molecule has 2 aliphatic rings. The van der Waals surface area contributed by atoms with Gasteiger partial charge in [0.1, 0.15) is 0 Å². The molecule has 2 aromatic rings. The van der Waals surface area contributed by atoms with E-state index < -0.39 is 0 Å². The van der Waals surface area contributed by atoms with Gasteiger partial charge in [0.25, 0.3) is 11.6 Å². The summed E-state index contributed by atoms with van der Waals surface area (Å²) >= 11 is 0. The minimum Gasteiger partial charge on any atom is -0.353 e. The molecular weight excluding hydrogens is 308 g/mol. The van der Waals surface area contributed by atoms with Gasteiger partial charge in [0.15, 0.2) is 0 Å². The van der Waals surface area contributed by atoms with Crippen LogP contribution in [0.2, 0.25) is 0 Å². The molecule has 0 unspecified atom stereocenters. The molecule has 1 saturated heterocycles. The third-order valence-corrected chi connectivity index (χ3v) is 4.59. The SMILES string of the molecule is CC(C)c1noc2nc(C3CC3)cc(C(=O)N3CCNC(=O)C3)c12. The number of piperazine rings is 1. The first-order valence-electron chi connectivity index (χ1n) is 8.40. The van der Waals surface area contributed by atoms with Crippen LogP contribution in [-0.4, -0.2) is 46.5 Å². The van der Waals surface area contributed by atoms with Crippen molar-refractivity contribution in [2.45, 2.75) is 38.5 Å². The summed E-state index contributed by atoms with van der Waals surface area (Å²) in [4.78, 5) is 30.9. The minimum absolute atomic E-state index is 0.0870. The zero-order valence-corrected chi connectivity index (χ0v) is 13.8. The van der Waals surface area contributed by atoms with Crippen molar-refractivity contribution in [1.29, 1.82) is 0 Å². The lowest BCUT2D eigenvalue weighted by Gasteiger charge is -2.27. The Hall–Kier alpha value is -2.44. The second-order valence-electron chi connectivity index (χ2n) is 6.85. The molecule has 2 amide bonds. The predicted octanol–water partition coefficient (Wildman–Crippen LogP) is 1.80. The van der Waals surface area contributed by atoms with Crippen LogP contribution in [0.5, 0.6) is 0 Å². The van der Waals surface area contributed by atoms with Gasteiger partial charge in [-0.1, -0.05) is 19.0 Å². The van der Waals surface area contributed by atoms with Gasteiger partial charge in [0.05, 0.1) is 23.2 Å². The summed E-state index contributed by atoms with van der Waals surface area (Å²) in [6.45, 7) is 5.09. The highest BCUT2D eigenvalue weighted by Crippen LogP contribution is 2.41. The highest BCUT2D eigenvalue weighted by atomic mass is 16.5. The molecule has 0 radical (unpaired) electrons. The van der Waals surface area contributed by atoms with Gasteiger partial charge in [-0.2, -0.15) is 0 Å². The number of rotatable bonds is 3. The monoisotopic (exact) mass is 328 g/mol. The summed E-state index contributed by atoms with van der Waals surface area (Å²) < 4.78 is 5.42. The first-order valence-corrected chi connectivity index (χ1v) is 8.40. The van der Waals surface area contributed by atoms with Crippen LogP contribution in [0.1, 0.15) is 60.3 Å². The van der Waals surface area contributed by atoms with Crippen molar-refractivity contribution >= 4 is 22.9 Å². The summed E-state index contributed by atoms with van der Waals surface area (Å²) in [6.07, 6.45) is 2.17. The van der Waals surface area contributed by atoms with Gasteiger partial charge in [-0.15, -0.1) is 0 Å². The molecular formula is C17H20N4O3. The Kier molecular flexibility index (Phi) is 3.51. The Labute approximate surface area is 139 Å². The fraction of sp³-hybridized carbons (Fsp3) is 0.529. The molecule has 1 aliphatic heterocycles. The first-order chi connectivity index (χ1) is 11.5. The van der Waals surface area contributed by atoms with Crippen molar-refractivity contribution in [3.8, 4) is 0 Å². The second-order valence-corrected chi connectivity index (χ2v) is 6.85. The van der Waals surface area contributed by atoms with Crippen molar-refractivity contribution in [2.75, 3.05) is 19.6 Å². The number of nitrogens with zero attached hydrogens (tertiary/aromatic N) is 3. The standard InChI is InChI=1S/C17H20N4O3/c1-9(2)15-14-11(17(23)21-6-5-18-13(22)8-21)7-12(10-3-4-10)19-16(14)24-20-15/h7,9-10H,3-6,8H2,1-2H3,(H,18,22). The van der Waals surface area contributed by atoms with E-state index in [2.05, 4.69) is 15.5 Å². The van der Waals surface area contributed by atoms with Crippen LogP contribution in [0, 0.1) is 0 Å². The van der Waals surface area contributed by atoms with E-state index in [4.69, 9.17) is 4.52 Å². The van der Waals surface area contributed by atoms with E-state index in [-0.39, 0.29) is 24.3 Å². The molecule has 0 spiro atoms. The lowest BCUT2D eigenvalue weighted by Crippen LogP contribution is -2.50. The normalized spacial score (nSPS) is 18.3. The molecule has 126 valence electrons. The Morgan fingerprint density at radius 1 is 1.42 bits per heavy atom. The highest BCUT2D eigenvalue weighted by Gasteiger charge is 2.31. The van der Waals surface area contributed by atoms with Gasteiger partial charge in [0, 0.05) is 24.7 Å². The third-order valence-electron chi connectivity index (χ3n) is 4.59. The molecule has 0 aromatic carbocycles. The summed E-state index contributed by atoms with van der Waals surface area (Å²) in [5.41, 5.74) is 2.61. The van der Waals surface area contributed by atoms with E-state index in [0.29, 0.717) is 35.7 Å². The lowest BCUT2D eigenvalue weighted by atomic mass is 10.0. The van der Waals surface area contributed by atoms with Crippen molar-refractivity contribution < 1.29 is 14.1 Å². The average Bonchev–Trinajstić information content (AvgIpc) is 3.32. The molecule has 1 saturated carbocycles. The van der Waals surface area contributed by atoms with Crippen LogP contribution < -0.4 is 5.32 Å². The third kappa shape index (κ3) is 2.53.